The zero-order valence-corrected chi connectivity index (χ0v) is 19.5. The van der Waals surface area contributed by atoms with Gasteiger partial charge in [-0.2, -0.15) is 5.10 Å². The van der Waals surface area contributed by atoms with Gasteiger partial charge < -0.3 is 15.1 Å². The van der Waals surface area contributed by atoms with Crippen molar-refractivity contribution in [2.45, 2.75) is 26.4 Å². The van der Waals surface area contributed by atoms with E-state index in [4.69, 9.17) is 0 Å². The minimum Gasteiger partial charge on any atom is -0.355 e. The largest absolute Gasteiger partial charge is 0.355 e. The fourth-order valence-electron chi connectivity index (χ4n) is 3.42. The van der Waals surface area contributed by atoms with E-state index >= 15 is 0 Å². The number of piperazine rings is 1. The van der Waals surface area contributed by atoms with Crippen molar-refractivity contribution in [2.24, 2.45) is 18.0 Å². The molecule has 1 aliphatic rings. The van der Waals surface area contributed by atoms with E-state index in [9.17, 15) is 0 Å². The van der Waals surface area contributed by atoms with E-state index in [1.807, 2.05) is 31.2 Å². The van der Waals surface area contributed by atoms with Crippen LogP contribution >= 0.6 is 24.0 Å². The lowest BCUT2D eigenvalue weighted by molar-refractivity contribution is 0.0897. The summed E-state index contributed by atoms with van der Waals surface area (Å²) in [7, 11) is 8.07. The van der Waals surface area contributed by atoms with E-state index in [0.29, 0.717) is 12.0 Å². The fourth-order valence-corrected chi connectivity index (χ4v) is 3.42. The van der Waals surface area contributed by atoms with Crippen molar-refractivity contribution < 1.29 is 0 Å². The van der Waals surface area contributed by atoms with Gasteiger partial charge in [0.1, 0.15) is 0 Å². The van der Waals surface area contributed by atoms with Gasteiger partial charge in [-0.3, -0.25) is 14.6 Å². The van der Waals surface area contributed by atoms with Crippen LogP contribution in [-0.2, 0) is 13.6 Å². The molecule has 8 heteroatoms. The van der Waals surface area contributed by atoms with Crippen molar-refractivity contribution in [1.82, 2.24) is 29.8 Å². The number of aliphatic imine (C=N–C) groups is 1. The van der Waals surface area contributed by atoms with Crippen molar-refractivity contribution in [2.75, 3.05) is 53.9 Å². The molecule has 0 aliphatic carbocycles. The first kappa shape index (κ1) is 23.2. The third-order valence-electron chi connectivity index (χ3n) is 5.00. The standard InChI is InChI=1S/C18H35N7.HI/c1-15(2)17(25-9-7-22(4)8-10-25)12-20-18(19-3)23(5)13-16-11-21-24(6)14-16;/h11,14-15,17H,7-10,12-13H2,1-6H3,(H,19,20);1H. The minimum absolute atomic E-state index is 0. The van der Waals surface area contributed by atoms with Crippen LogP contribution in [0.5, 0.6) is 0 Å². The highest BCUT2D eigenvalue weighted by atomic mass is 127. The van der Waals surface area contributed by atoms with Crippen molar-refractivity contribution in [3.05, 3.63) is 18.0 Å². The lowest BCUT2D eigenvalue weighted by atomic mass is 10.0. The molecular weight excluding hydrogens is 441 g/mol. The summed E-state index contributed by atoms with van der Waals surface area (Å²) < 4.78 is 1.83. The van der Waals surface area contributed by atoms with E-state index < -0.39 is 0 Å². The molecule has 2 rings (SSSR count). The first-order valence-electron chi connectivity index (χ1n) is 9.22. The average Bonchev–Trinajstić information content (AvgIpc) is 2.97. The molecule has 7 nitrogen and oxygen atoms in total. The van der Waals surface area contributed by atoms with Gasteiger partial charge in [-0.05, 0) is 13.0 Å². The number of guanidine groups is 1. The predicted molar refractivity (Wildman–Crippen MR) is 119 cm³/mol. The Kier molecular flexibility index (Phi) is 9.88. The molecule has 0 aromatic carbocycles. The quantitative estimate of drug-likeness (QED) is 0.381. The van der Waals surface area contributed by atoms with Gasteiger partial charge in [0.2, 0.25) is 0 Å². The molecule has 0 bridgehead atoms. The molecule has 150 valence electrons. The molecule has 1 aromatic rings. The number of halogens is 1. The maximum Gasteiger partial charge on any atom is 0.193 e. The van der Waals surface area contributed by atoms with Crippen LogP contribution in [0.1, 0.15) is 19.4 Å². The number of aryl methyl sites for hydroxylation is 1. The Bertz CT molecular complexity index is 549. The Balaban J connectivity index is 0.00000338. The van der Waals surface area contributed by atoms with Gasteiger partial charge in [-0.25, -0.2) is 0 Å². The minimum atomic E-state index is 0. The predicted octanol–water partition coefficient (Wildman–Crippen LogP) is 1.32. The summed E-state index contributed by atoms with van der Waals surface area (Å²) in [6.45, 7) is 10.9. The van der Waals surface area contributed by atoms with Gasteiger partial charge in [-0.15, -0.1) is 24.0 Å². The van der Waals surface area contributed by atoms with Crippen molar-refractivity contribution >= 4 is 29.9 Å². The number of hydrogen-bond donors (Lipinski definition) is 1. The molecule has 0 amide bonds. The third-order valence-corrected chi connectivity index (χ3v) is 5.00. The normalized spacial score (nSPS) is 17.9. The molecule has 1 aliphatic heterocycles. The Labute approximate surface area is 175 Å². The smallest absolute Gasteiger partial charge is 0.193 e. The molecular formula is C18H36IN7. The number of aromatic nitrogens is 2. The van der Waals surface area contributed by atoms with Gasteiger partial charge in [0.15, 0.2) is 5.96 Å². The van der Waals surface area contributed by atoms with Crippen molar-refractivity contribution in [1.29, 1.82) is 0 Å². The summed E-state index contributed by atoms with van der Waals surface area (Å²) in [5, 5.41) is 7.82. The van der Waals surface area contributed by atoms with E-state index in [1.165, 1.54) is 5.56 Å². The summed E-state index contributed by atoms with van der Waals surface area (Å²) in [5.74, 6) is 1.54. The summed E-state index contributed by atoms with van der Waals surface area (Å²) in [5.41, 5.74) is 1.19. The molecule has 1 unspecified atom stereocenters. The molecule has 1 fully saturated rings. The highest BCUT2D eigenvalue weighted by Gasteiger charge is 2.25. The second-order valence-electron chi connectivity index (χ2n) is 7.46. The van der Waals surface area contributed by atoms with Crippen LogP contribution in [0, 0.1) is 5.92 Å². The van der Waals surface area contributed by atoms with Crippen LogP contribution in [0.15, 0.2) is 17.4 Å². The second kappa shape index (κ2) is 11.1. The molecule has 0 radical (unpaired) electrons. The summed E-state index contributed by atoms with van der Waals surface area (Å²) in [6, 6.07) is 0.525. The van der Waals surface area contributed by atoms with Crippen molar-refractivity contribution in [3.63, 3.8) is 0 Å². The number of rotatable bonds is 6. The number of likely N-dealkylation sites (N-methyl/N-ethyl adjacent to an activating group) is 1. The highest BCUT2D eigenvalue weighted by molar-refractivity contribution is 14.0. The first-order chi connectivity index (χ1) is 11.9. The van der Waals surface area contributed by atoms with Crippen LogP contribution in [0.25, 0.3) is 0 Å². The van der Waals surface area contributed by atoms with Crippen LogP contribution in [0.3, 0.4) is 0 Å². The zero-order valence-electron chi connectivity index (χ0n) is 17.1. The van der Waals surface area contributed by atoms with E-state index in [1.54, 1.807) is 0 Å². The zero-order chi connectivity index (χ0) is 18.4. The monoisotopic (exact) mass is 477 g/mol. The van der Waals surface area contributed by atoms with Crippen LogP contribution in [0.2, 0.25) is 0 Å². The molecule has 0 saturated carbocycles. The Morgan fingerprint density at radius 3 is 2.42 bits per heavy atom. The Morgan fingerprint density at radius 2 is 1.92 bits per heavy atom. The number of hydrogen-bond acceptors (Lipinski definition) is 4. The highest BCUT2D eigenvalue weighted by Crippen LogP contribution is 2.13. The molecule has 0 spiro atoms. The van der Waals surface area contributed by atoms with Crippen LogP contribution < -0.4 is 5.32 Å². The van der Waals surface area contributed by atoms with Gasteiger partial charge >= 0.3 is 0 Å². The van der Waals surface area contributed by atoms with Crippen LogP contribution in [0.4, 0.5) is 0 Å². The SMILES string of the molecule is CN=C(NCC(C(C)C)N1CCN(C)CC1)N(C)Cc1cnn(C)c1.I. The van der Waals surface area contributed by atoms with Gasteiger partial charge in [-0.1, -0.05) is 13.8 Å². The Hall–Kier alpha value is -0.870. The molecule has 26 heavy (non-hydrogen) atoms. The number of nitrogens with one attached hydrogen (secondary N) is 1. The molecule has 1 aromatic heterocycles. The lowest BCUT2D eigenvalue weighted by Crippen LogP contribution is -2.55. The van der Waals surface area contributed by atoms with Gasteiger partial charge in [0, 0.05) is 78.2 Å². The third kappa shape index (κ3) is 6.70. The topological polar surface area (TPSA) is 51.9 Å². The molecule has 1 atom stereocenters. The first-order valence-corrected chi connectivity index (χ1v) is 9.22. The molecule has 1 saturated heterocycles. The maximum absolute atomic E-state index is 4.46. The maximum atomic E-state index is 4.46. The van der Waals surface area contributed by atoms with E-state index in [-0.39, 0.29) is 24.0 Å². The molecule has 1 N–H and O–H groups in total. The second-order valence-corrected chi connectivity index (χ2v) is 7.46. The van der Waals surface area contributed by atoms with Crippen LogP contribution in [-0.4, -0.2) is 90.3 Å². The van der Waals surface area contributed by atoms with E-state index in [0.717, 1.165) is 45.2 Å². The summed E-state index contributed by atoms with van der Waals surface area (Å²) in [6.07, 6.45) is 3.95. The summed E-state index contributed by atoms with van der Waals surface area (Å²) in [4.78, 5) is 11.6. The Morgan fingerprint density at radius 1 is 1.27 bits per heavy atom. The van der Waals surface area contributed by atoms with E-state index in [2.05, 4.69) is 58.1 Å². The fraction of sp³-hybridized carbons (Fsp3) is 0.778. The average molecular weight is 477 g/mol. The van der Waals surface area contributed by atoms with Gasteiger partial charge in [0.25, 0.3) is 0 Å². The van der Waals surface area contributed by atoms with Crippen molar-refractivity contribution in [3.8, 4) is 0 Å². The lowest BCUT2D eigenvalue weighted by Gasteiger charge is -2.40. The number of nitrogens with zero attached hydrogens (tertiary/aromatic N) is 6. The molecule has 2 heterocycles. The summed E-state index contributed by atoms with van der Waals surface area (Å²) >= 11 is 0. The van der Waals surface area contributed by atoms with Gasteiger partial charge in [0.05, 0.1) is 6.20 Å².